The molecule has 0 spiro atoms. The molecule has 5 heteroatoms. The number of aliphatic hydroxyl groups is 1. The fourth-order valence-electron chi connectivity index (χ4n) is 2.25. The normalized spacial score (nSPS) is 13.1. The van der Waals surface area contributed by atoms with Crippen LogP contribution in [-0.4, -0.2) is 29.8 Å². The Hall–Kier alpha value is -2.37. The third-order valence-electron chi connectivity index (χ3n) is 3.93. The molecule has 0 aliphatic carbocycles. The largest absolute Gasteiger partial charge is 0.494 e. The number of carbonyl (C=O) groups excluding carboxylic acids is 1. The molecule has 25 heavy (non-hydrogen) atoms. The van der Waals surface area contributed by atoms with Gasteiger partial charge in [-0.25, -0.2) is 0 Å². The number of hydrogen-bond donors (Lipinski definition) is 3. The second-order valence-electron chi connectivity index (χ2n) is 6.35. The Morgan fingerprint density at radius 1 is 1.12 bits per heavy atom. The van der Waals surface area contributed by atoms with Crippen molar-refractivity contribution < 1.29 is 14.6 Å². The Labute approximate surface area is 148 Å². The van der Waals surface area contributed by atoms with E-state index in [1.165, 1.54) is 12.5 Å². The Bertz CT molecular complexity index is 654. The number of ether oxygens (including phenoxy) is 1. The lowest BCUT2D eigenvalue weighted by molar-refractivity contribution is -0.121. The zero-order valence-corrected chi connectivity index (χ0v) is 14.6. The number of unbranched alkanes of at least 4 members (excludes halogenated alkanes) is 1. The molecule has 0 saturated heterocycles. The minimum absolute atomic E-state index is 0.414. The van der Waals surface area contributed by atoms with E-state index in [0.717, 1.165) is 25.0 Å². The number of aryl methyl sites for hydroxylation is 1. The fraction of sp³-hybridized carbons (Fsp3) is 0.350. The molecule has 134 valence electrons. The number of nitrogens with one attached hydrogen (secondary N) is 1. The summed E-state index contributed by atoms with van der Waals surface area (Å²) in [5, 5.41) is 11.8. The second-order valence-corrected chi connectivity index (χ2v) is 6.35. The van der Waals surface area contributed by atoms with Gasteiger partial charge in [0.25, 0.3) is 0 Å². The van der Waals surface area contributed by atoms with E-state index in [9.17, 15) is 4.79 Å². The molecule has 0 unspecified atom stereocenters. The molecule has 0 aliphatic rings. The van der Waals surface area contributed by atoms with Crippen LogP contribution in [0.3, 0.4) is 0 Å². The van der Waals surface area contributed by atoms with Crippen LogP contribution in [0.1, 0.15) is 25.3 Å². The van der Waals surface area contributed by atoms with Gasteiger partial charge in [0.2, 0.25) is 5.91 Å². The molecule has 0 aliphatic heterocycles. The number of carbonyl (C=O) groups is 1. The Balaban J connectivity index is 1.70. The van der Waals surface area contributed by atoms with E-state index in [1.54, 1.807) is 24.3 Å². The molecule has 0 fully saturated rings. The average molecular weight is 342 g/mol. The van der Waals surface area contributed by atoms with E-state index in [2.05, 4.69) is 29.6 Å². The highest BCUT2D eigenvalue weighted by atomic mass is 16.5. The monoisotopic (exact) mass is 342 g/mol. The van der Waals surface area contributed by atoms with Crippen molar-refractivity contribution in [2.45, 2.75) is 31.7 Å². The van der Waals surface area contributed by atoms with E-state index in [4.69, 9.17) is 15.6 Å². The highest BCUT2D eigenvalue weighted by Gasteiger charge is 2.27. The van der Waals surface area contributed by atoms with Crippen molar-refractivity contribution in [3.63, 3.8) is 0 Å². The quantitative estimate of drug-likeness (QED) is 0.612. The topological polar surface area (TPSA) is 84.6 Å². The first-order valence-corrected chi connectivity index (χ1v) is 8.49. The van der Waals surface area contributed by atoms with Gasteiger partial charge in [-0.2, -0.15) is 0 Å². The lowest BCUT2D eigenvalue weighted by Crippen LogP contribution is -2.51. The Morgan fingerprint density at radius 2 is 1.80 bits per heavy atom. The third kappa shape index (κ3) is 6.21. The molecule has 0 aromatic heterocycles. The zero-order valence-electron chi connectivity index (χ0n) is 14.6. The number of amides is 1. The van der Waals surface area contributed by atoms with Gasteiger partial charge in [0.05, 0.1) is 13.2 Å². The summed E-state index contributed by atoms with van der Waals surface area (Å²) in [6.45, 7) is 1.72. The van der Waals surface area contributed by atoms with Crippen LogP contribution in [0.15, 0.2) is 54.6 Å². The van der Waals surface area contributed by atoms with Crippen LogP contribution >= 0.6 is 0 Å². The summed E-state index contributed by atoms with van der Waals surface area (Å²) in [6.07, 6.45) is 3.11. The number of anilines is 1. The maximum absolute atomic E-state index is 11.9. The van der Waals surface area contributed by atoms with Gasteiger partial charge in [-0.1, -0.05) is 30.3 Å². The van der Waals surface area contributed by atoms with E-state index in [1.807, 2.05) is 6.07 Å². The van der Waals surface area contributed by atoms with Crippen LogP contribution < -0.4 is 15.8 Å². The van der Waals surface area contributed by atoms with Crippen LogP contribution in [0.4, 0.5) is 5.69 Å². The molecule has 2 aromatic rings. The summed E-state index contributed by atoms with van der Waals surface area (Å²) in [6, 6.07) is 17.5. The van der Waals surface area contributed by atoms with Gasteiger partial charge in [-0.15, -0.1) is 0 Å². The van der Waals surface area contributed by atoms with Crippen molar-refractivity contribution in [3.8, 4) is 5.75 Å². The van der Waals surface area contributed by atoms with Crippen molar-refractivity contribution in [1.29, 1.82) is 0 Å². The predicted octanol–water partition coefficient (Wildman–Crippen LogP) is 2.74. The van der Waals surface area contributed by atoms with Crippen LogP contribution in [0.2, 0.25) is 0 Å². The van der Waals surface area contributed by atoms with Crippen molar-refractivity contribution in [2.75, 3.05) is 18.5 Å². The first kappa shape index (κ1) is 19.0. The molecule has 5 nitrogen and oxygen atoms in total. The molecule has 0 heterocycles. The standard InChI is InChI=1S/C20H26N2O3/c1-20(21,15-23)19(24)22-17-10-12-18(13-11-17)25-14-6-5-9-16-7-3-2-4-8-16/h2-4,7-8,10-13,23H,5-6,9,14-15,21H2,1H3,(H,22,24)/t20-/m0/s1. The van der Waals surface area contributed by atoms with Crippen molar-refractivity contribution in [3.05, 3.63) is 60.2 Å². The first-order chi connectivity index (χ1) is 12.0. The van der Waals surface area contributed by atoms with Gasteiger partial charge in [0, 0.05) is 5.69 Å². The molecule has 0 saturated carbocycles. The van der Waals surface area contributed by atoms with Crippen LogP contribution in [0.5, 0.6) is 5.75 Å². The summed E-state index contributed by atoms with van der Waals surface area (Å²) in [7, 11) is 0. The minimum Gasteiger partial charge on any atom is -0.494 e. The first-order valence-electron chi connectivity index (χ1n) is 8.49. The highest BCUT2D eigenvalue weighted by Crippen LogP contribution is 2.17. The molecule has 4 N–H and O–H groups in total. The summed E-state index contributed by atoms with van der Waals surface area (Å²) in [5.74, 6) is 0.333. The van der Waals surface area contributed by atoms with Gasteiger partial charge in [0.15, 0.2) is 0 Å². The third-order valence-corrected chi connectivity index (χ3v) is 3.93. The molecule has 1 atom stereocenters. The van der Waals surface area contributed by atoms with Gasteiger partial charge in [-0.3, -0.25) is 4.79 Å². The molecule has 0 radical (unpaired) electrons. The maximum Gasteiger partial charge on any atom is 0.246 e. The SMILES string of the molecule is C[C@](N)(CO)C(=O)Nc1ccc(OCCCCc2ccccc2)cc1. The summed E-state index contributed by atoms with van der Waals surface area (Å²) < 4.78 is 5.71. The molecule has 2 rings (SSSR count). The minimum atomic E-state index is -1.30. The highest BCUT2D eigenvalue weighted by molar-refractivity contribution is 5.97. The molecule has 0 bridgehead atoms. The molecule has 1 amide bonds. The van der Waals surface area contributed by atoms with Crippen LogP contribution in [-0.2, 0) is 11.2 Å². The number of benzene rings is 2. The van der Waals surface area contributed by atoms with Crippen LogP contribution in [0.25, 0.3) is 0 Å². The van der Waals surface area contributed by atoms with Crippen molar-refractivity contribution >= 4 is 11.6 Å². The Morgan fingerprint density at radius 3 is 2.44 bits per heavy atom. The summed E-state index contributed by atoms with van der Waals surface area (Å²) in [4.78, 5) is 11.9. The number of rotatable bonds is 9. The van der Waals surface area contributed by atoms with E-state index in [0.29, 0.717) is 12.3 Å². The predicted molar refractivity (Wildman–Crippen MR) is 99.6 cm³/mol. The molecular weight excluding hydrogens is 316 g/mol. The Kier molecular flexibility index (Phi) is 6.98. The summed E-state index contributed by atoms with van der Waals surface area (Å²) in [5.41, 5.74) is 6.35. The summed E-state index contributed by atoms with van der Waals surface area (Å²) >= 11 is 0. The lowest BCUT2D eigenvalue weighted by Gasteiger charge is -2.20. The second kappa shape index (κ2) is 9.20. The van der Waals surface area contributed by atoms with E-state index >= 15 is 0 Å². The lowest BCUT2D eigenvalue weighted by atomic mass is 10.0. The maximum atomic E-state index is 11.9. The van der Waals surface area contributed by atoms with Gasteiger partial charge < -0.3 is 20.9 Å². The average Bonchev–Trinajstić information content (AvgIpc) is 2.63. The van der Waals surface area contributed by atoms with Gasteiger partial charge >= 0.3 is 0 Å². The molecular formula is C20H26N2O3. The van der Waals surface area contributed by atoms with Crippen LogP contribution in [0, 0.1) is 0 Å². The van der Waals surface area contributed by atoms with Gasteiger partial charge in [-0.05, 0) is 56.0 Å². The molecule has 2 aromatic carbocycles. The van der Waals surface area contributed by atoms with E-state index < -0.39 is 18.1 Å². The van der Waals surface area contributed by atoms with E-state index in [-0.39, 0.29) is 0 Å². The number of aliphatic hydroxyl groups excluding tert-OH is 1. The fourth-order valence-corrected chi connectivity index (χ4v) is 2.25. The van der Waals surface area contributed by atoms with Crippen molar-refractivity contribution in [1.82, 2.24) is 0 Å². The zero-order chi connectivity index (χ0) is 18.1. The number of nitrogens with two attached hydrogens (primary N) is 1. The smallest absolute Gasteiger partial charge is 0.246 e. The van der Waals surface area contributed by atoms with Gasteiger partial charge in [0.1, 0.15) is 11.3 Å². The number of hydrogen-bond acceptors (Lipinski definition) is 4. The van der Waals surface area contributed by atoms with Crippen molar-refractivity contribution in [2.24, 2.45) is 5.73 Å².